The third-order valence-corrected chi connectivity index (χ3v) is 5.13. The molecule has 0 bridgehead atoms. The van der Waals surface area contributed by atoms with Gasteiger partial charge in [0.2, 0.25) is 0 Å². The summed E-state index contributed by atoms with van der Waals surface area (Å²) in [5, 5.41) is 0. The first-order valence-electron chi connectivity index (χ1n) is 9.25. The molecule has 1 atom stereocenters. The average molecular weight is 367 g/mol. The summed E-state index contributed by atoms with van der Waals surface area (Å²) in [5.41, 5.74) is 3.21. The van der Waals surface area contributed by atoms with Gasteiger partial charge in [0, 0.05) is 30.9 Å². The normalized spacial score (nSPS) is 16.4. The number of piperidine rings is 1. The van der Waals surface area contributed by atoms with Crippen molar-refractivity contribution in [3.05, 3.63) is 60.2 Å². The van der Waals surface area contributed by atoms with Crippen molar-refractivity contribution >= 4 is 16.9 Å². The van der Waals surface area contributed by atoms with E-state index in [1.165, 1.54) is 30.0 Å². The second kappa shape index (κ2) is 7.39. The van der Waals surface area contributed by atoms with Crippen LogP contribution in [0.3, 0.4) is 0 Å². The van der Waals surface area contributed by atoms with E-state index in [0.29, 0.717) is 24.8 Å². The highest BCUT2D eigenvalue weighted by atomic mass is 19.1. The van der Waals surface area contributed by atoms with Gasteiger partial charge in [0.1, 0.15) is 11.6 Å². The highest BCUT2D eigenvalue weighted by Gasteiger charge is 2.28. The van der Waals surface area contributed by atoms with Gasteiger partial charge < -0.3 is 14.6 Å². The lowest BCUT2D eigenvalue weighted by Crippen LogP contribution is -2.44. The molecular formula is C21H22FN3O2. The third-order valence-electron chi connectivity index (χ3n) is 5.13. The standard InChI is InChI=1S/C21H22FN3O2/c1-14(27-17-6-4-16(22)5-7-17)21(26)25-11-8-15(9-12-25)19-13-20-18(24-19)3-2-10-23-20/h2-7,10,13-15,24H,8-9,11-12H2,1H3/t14-/m0/s1. The monoisotopic (exact) mass is 367 g/mol. The predicted octanol–water partition coefficient (Wildman–Crippen LogP) is 3.88. The topological polar surface area (TPSA) is 58.2 Å². The van der Waals surface area contributed by atoms with Gasteiger partial charge in [-0.2, -0.15) is 0 Å². The van der Waals surface area contributed by atoms with Crippen molar-refractivity contribution in [1.82, 2.24) is 14.9 Å². The minimum absolute atomic E-state index is 0.0314. The van der Waals surface area contributed by atoms with E-state index in [4.69, 9.17) is 4.74 Å². The molecule has 1 aliphatic heterocycles. The molecule has 140 valence electrons. The second-order valence-electron chi connectivity index (χ2n) is 6.97. The summed E-state index contributed by atoms with van der Waals surface area (Å²) >= 11 is 0. The summed E-state index contributed by atoms with van der Waals surface area (Å²) in [7, 11) is 0. The summed E-state index contributed by atoms with van der Waals surface area (Å²) < 4.78 is 18.6. The number of amides is 1. The zero-order valence-corrected chi connectivity index (χ0v) is 15.2. The van der Waals surface area contributed by atoms with Crippen LogP contribution in [-0.4, -0.2) is 40.0 Å². The van der Waals surface area contributed by atoms with Gasteiger partial charge in [0.25, 0.3) is 5.91 Å². The number of carbonyl (C=O) groups is 1. The van der Waals surface area contributed by atoms with Crippen LogP contribution < -0.4 is 4.74 Å². The number of halogens is 1. The number of carbonyl (C=O) groups excluding carboxylic acids is 1. The predicted molar refractivity (Wildman–Crippen MR) is 101 cm³/mol. The molecule has 1 saturated heterocycles. The first kappa shape index (κ1) is 17.5. The fraction of sp³-hybridized carbons (Fsp3) is 0.333. The molecule has 0 saturated carbocycles. The van der Waals surface area contributed by atoms with Gasteiger partial charge in [-0.05, 0) is 62.2 Å². The van der Waals surface area contributed by atoms with Crippen molar-refractivity contribution in [1.29, 1.82) is 0 Å². The fourth-order valence-corrected chi connectivity index (χ4v) is 3.63. The molecule has 1 aromatic carbocycles. The number of rotatable bonds is 4. The Bertz CT molecular complexity index is 897. The number of benzene rings is 1. The summed E-state index contributed by atoms with van der Waals surface area (Å²) in [5.74, 6) is 0.543. The van der Waals surface area contributed by atoms with Gasteiger partial charge in [-0.1, -0.05) is 0 Å². The lowest BCUT2D eigenvalue weighted by Gasteiger charge is -2.33. The van der Waals surface area contributed by atoms with E-state index in [2.05, 4.69) is 16.0 Å². The number of fused-ring (bicyclic) bond motifs is 1. The van der Waals surface area contributed by atoms with Gasteiger partial charge in [-0.3, -0.25) is 9.78 Å². The van der Waals surface area contributed by atoms with Crippen LogP contribution >= 0.6 is 0 Å². The maximum Gasteiger partial charge on any atom is 0.263 e. The Hall–Kier alpha value is -2.89. The molecule has 1 amide bonds. The van der Waals surface area contributed by atoms with Crippen molar-refractivity contribution in [3.8, 4) is 5.75 Å². The maximum atomic E-state index is 13.0. The van der Waals surface area contributed by atoms with Crippen LogP contribution in [0.5, 0.6) is 5.75 Å². The number of pyridine rings is 1. The molecule has 2 aromatic heterocycles. The minimum atomic E-state index is -0.593. The van der Waals surface area contributed by atoms with Crippen molar-refractivity contribution in [2.45, 2.75) is 31.8 Å². The minimum Gasteiger partial charge on any atom is -0.481 e. The number of likely N-dealkylation sites (tertiary alicyclic amines) is 1. The second-order valence-corrected chi connectivity index (χ2v) is 6.97. The SMILES string of the molecule is C[C@H](Oc1ccc(F)cc1)C(=O)N1CCC(c2cc3ncccc3[nH]2)CC1. The van der Waals surface area contributed by atoms with Gasteiger partial charge in [-0.25, -0.2) is 4.39 Å². The van der Waals surface area contributed by atoms with Crippen molar-refractivity contribution in [2.24, 2.45) is 0 Å². The highest BCUT2D eigenvalue weighted by molar-refractivity contribution is 5.81. The largest absolute Gasteiger partial charge is 0.481 e. The van der Waals surface area contributed by atoms with Crippen LogP contribution in [0.15, 0.2) is 48.7 Å². The quantitative estimate of drug-likeness (QED) is 0.761. The molecule has 1 fully saturated rings. The summed E-state index contributed by atoms with van der Waals surface area (Å²) in [6.07, 6.45) is 3.01. The molecule has 6 heteroatoms. The average Bonchev–Trinajstić information content (AvgIpc) is 3.13. The smallest absolute Gasteiger partial charge is 0.263 e. The first-order valence-corrected chi connectivity index (χ1v) is 9.25. The van der Waals surface area contributed by atoms with Gasteiger partial charge in [0.05, 0.1) is 11.0 Å². The van der Waals surface area contributed by atoms with E-state index in [-0.39, 0.29) is 11.7 Å². The number of aromatic amines is 1. The summed E-state index contributed by atoms with van der Waals surface area (Å²) in [6, 6.07) is 11.8. The number of ether oxygens (including phenoxy) is 1. The molecule has 0 unspecified atom stereocenters. The molecular weight excluding hydrogens is 345 g/mol. The van der Waals surface area contributed by atoms with E-state index in [1.54, 1.807) is 13.1 Å². The summed E-state index contributed by atoms with van der Waals surface area (Å²) in [4.78, 5) is 22.3. The molecule has 3 heterocycles. The lowest BCUT2D eigenvalue weighted by atomic mass is 9.93. The van der Waals surface area contributed by atoms with Crippen LogP contribution in [0.2, 0.25) is 0 Å². The molecule has 0 spiro atoms. The number of hydrogen-bond donors (Lipinski definition) is 1. The van der Waals surface area contributed by atoms with E-state index in [9.17, 15) is 9.18 Å². The van der Waals surface area contributed by atoms with Crippen molar-refractivity contribution in [3.63, 3.8) is 0 Å². The van der Waals surface area contributed by atoms with Crippen LogP contribution in [0, 0.1) is 5.82 Å². The van der Waals surface area contributed by atoms with E-state index in [0.717, 1.165) is 23.9 Å². The summed E-state index contributed by atoms with van der Waals surface area (Å²) in [6.45, 7) is 3.13. The van der Waals surface area contributed by atoms with Crippen LogP contribution in [-0.2, 0) is 4.79 Å². The molecule has 0 radical (unpaired) electrons. The molecule has 0 aliphatic carbocycles. The first-order chi connectivity index (χ1) is 13.1. The Kier molecular flexibility index (Phi) is 4.79. The number of aromatic nitrogens is 2. The number of nitrogens with zero attached hydrogens (tertiary/aromatic N) is 2. The molecule has 5 nitrogen and oxygen atoms in total. The number of H-pyrrole nitrogens is 1. The van der Waals surface area contributed by atoms with Crippen LogP contribution in [0.4, 0.5) is 4.39 Å². The molecule has 1 N–H and O–H groups in total. The van der Waals surface area contributed by atoms with Crippen molar-refractivity contribution in [2.75, 3.05) is 13.1 Å². The van der Waals surface area contributed by atoms with Crippen LogP contribution in [0.1, 0.15) is 31.4 Å². The Labute approximate surface area is 157 Å². The fourth-order valence-electron chi connectivity index (χ4n) is 3.63. The highest BCUT2D eigenvalue weighted by Crippen LogP contribution is 2.29. The zero-order valence-electron chi connectivity index (χ0n) is 15.2. The Balaban J connectivity index is 1.35. The molecule has 3 aromatic rings. The Morgan fingerprint density at radius 1 is 1.26 bits per heavy atom. The Morgan fingerprint density at radius 3 is 2.70 bits per heavy atom. The molecule has 4 rings (SSSR count). The maximum absolute atomic E-state index is 13.0. The molecule has 27 heavy (non-hydrogen) atoms. The lowest BCUT2D eigenvalue weighted by molar-refractivity contribution is -0.139. The number of hydrogen-bond acceptors (Lipinski definition) is 3. The third kappa shape index (κ3) is 3.79. The van der Waals surface area contributed by atoms with E-state index < -0.39 is 6.10 Å². The van der Waals surface area contributed by atoms with Crippen LogP contribution in [0.25, 0.3) is 11.0 Å². The molecule has 1 aliphatic rings. The van der Waals surface area contributed by atoms with E-state index in [1.807, 2.05) is 17.0 Å². The Morgan fingerprint density at radius 2 is 2.00 bits per heavy atom. The van der Waals surface area contributed by atoms with Gasteiger partial charge >= 0.3 is 0 Å². The van der Waals surface area contributed by atoms with E-state index >= 15 is 0 Å². The van der Waals surface area contributed by atoms with Gasteiger partial charge in [-0.15, -0.1) is 0 Å². The van der Waals surface area contributed by atoms with Gasteiger partial charge in [0.15, 0.2) is 6.10 Å². The number of nitrogens with one attached hydrogen (secondary N) is 1. The van der Waals surface area contributed by atoms with Crippen molar-refractivity contribution < 1.29 is 13.9 Å². The zero-order chi connectivity index (χ0) is 18.8.